The first kappa shape index (κ1) is 13.1. The molecule has 96 valence electrons. The molecule has 18 heavy (non-hydrogen) atoms. The van der Waals surface area contributed by atoms with Crippen molar-refractivity contribution in [1.29, 1.82) is 0 Å². The quantitative estimate of drug-likeness (QED) is 0.923. The number of rotatable bonds is 4. The highest BCUT2D eigenvalue weighted by Crippen LogP contribution is 2.27. The highest BCUT2D eigenvalue weighted by atomic mass is 35.5. The predicted octanol–water partition coefficient (Wildman–Crippen LogP) is 2.64. The Bertz CT molecular complexity index is 551. The van der Waals surface area contributed by atoms with Crippen LogP contribution < -0.4 is 5.32 Å². The molecule has 5 heteroatoms. The third kappa shape index (κ3) is 2.71. The summed E-state index contributed by atoms with van der Waals surface area (Å²) in [5.74, 6) is -0.402. The van der Waals surface area contributed by atoms with Crippen molar-refractivity contribution in [2.75, 3.05) is 13.6 Å². The van der Waals surface area contributed by atoms with E-state index < -0.39 is 5.82 Å². The lowest BCUT2D eigenvalue weighted by Gasteiger charge is -2.03. The molecule has 3 nitrogen and oxygen atoms in total. The van der Waals surface area contributed by atoms with Gasteiger partial charge in [-0.2, -0.15) is 5.10 Å². The molecule has 0 aliphatic heterocycles. The molecule has 0 spiro atoms. The van der Waals surface area contributed by atoms with Gasteiger partial charge in [-0.3, -0.25) is 4.68 Å². The topological polar surface area (TPSA) is 29.9 Å². The fourth-order valence-electron chi connectivity index (χ4n) is 1.87. The molecule has 0 bridgehead atoms. The zero-order valence-electron chi connectivity index (χ0n) is 10.4. The molecular formula is C13H15ClFN3. The minimum absolute atomic E-state index is 0.135. The predicted molar refractivity (Wildman–Crippen MR) is 71.2 cm³/mol. The molecule has 1 aromatic heterocycles. The monoisotopic (exact) mass is 267 g/mol. The Labute approximate surface area is 111 Å². The Morgan fingerprint density at radius 2 is 2.22 bits per heavy atom. The minimum atomic E-state index is -0.402. The average molecular weight is 268 g/mol. The van der Waals surface area contributed by atoms with Gasteiger partial charge in [0, 0.05) is 31.8 Å². The number of aryl methyl sites for hydroxylation is 1. The largest absolute Gasteiger partial charge is 0.319 e. The molecular weight excluding hydrogens is 253 g/mol. The second-order valence-corrected chi connectivity index (χ2v) is 4.55. The van der Waals surface area contributed by atoms with Gasteiger partial charge in [0.1, 0.15) is 5.82 Å². The molecule has 0 aliphatic rings. The van der Waals surface area contributed by atoms with E-state index in [1.54, 1.807) is 16.8 Å². The number of nitrogens with one attached hydrogen (secondary N) is 1. The van der Waals surface area contributed by atoms with Gasteiger partial charge >= 0.3 is 0 Å². The summed E-state index contributed by atoms with van der Waals surface area (Å²) >= 11 is 5.81. The van der Waals surface area contributed by atoms with Gasteiger partial charge in [0.25, 0.3) is 0 Å². The summed E-state index contributed by atoms with van der Waals surface area (Å²) < 4.78 is 14.9. The van der Waals surface area contributed by atoms with Gasteiger partial charge in [0.05, 0.1) is 10.7 Å². The maximum absolute atomic E-state index is 13.2. The number of hydrogen-bond donors (Lipinski definition) is 1. The molecule has 0 fully saturated rings. The molecule has 0 unspecified atom stereocenters. The molecule has 1 N–H and O–H groups in total. The molecule has 0 amide bonds. The Kier molecular flexibility index (Phi) is 3.99. The molecule has 0 aliphatic carbocycles. The van der Waals surface area contributed by atoms with Crippen molar-refractivity contribution in [3.05, 3.63) is 40.9 Å². The Morgan fingerprint density at radius 1 is 1.44 bits per heavy atom. The summed E-state index contributed by atoms with van der Waals surface area (Å²) in [6.45, 7) is 0.846. The first-order valence-corrected chi connectivity index (χ1v) is 6.12. The van der Waals surface area contributed by atoms with Gasteiger partial charge in [-0.25, -0.2) is 4.39 Å². The normalized spacial score (nSPS) is 10.9. The van der Waals surface area contributed by atoms with E-state index in [0.717, 1.165) is 29.8 Å². The summed E-state index contributed by atoms with van der Waals surface area (Å²) in [6, 6.07) is 4.74. The molecule has 2 aromatic rings. The summed E-state index contributed by atoms with van der Waals surface area (Å²) in [5, 5.41) is 7.64. The van der Waals surface area contributed by atoms with Crippen LogP contribution in [0.4, 0.5) is 4.39 Å². The zero-order chi connectivity index (χ0) is 13.1. The molecule has 1 heterocycles. The van der Waals surface area contributed by atoms with Gasteiger partial charge in [-0.15, -0.1) is 0 Å². The van der Waals surface area contributed by atoms with Crippen LogP contribution in [0.1, 0.15) is 5.69 Å². The number of benzene rings is 1. The molecule has 2 rings (SSSR count). The highest BCUT2D eigenvalue weighted by molar-refractivity contribution is 6.31. The van der Waals surface area contributed by atoms with Gasteiger partial charge in [0.15, 0.2) is 0 Å². The van der Waals surface area contributed by atoms with Gasteiger partial charge in [0.2, 0.25) is 0 Å². The van der Waals surface area contributed by atoms with Crippen molar-refractivity contribution in [2.45, 2.75) is 6.42 Å². The van der Waals surface area contributed by atoms with Crippen molar-refractivity contribution >= 4 is 11.6 Å². The summed E-state index contributed by atoms with van der Waals surface area (Å²) in [6.07, 6.45) is 2.75. The maximum atomic E-state index is 13.2. The first-order chi connectivity index (χ1) is 8.61. The molecule has 0 radical (unpaired) electrons. The van der Waals surface area contributed by atoms with E-state index >= 15 is 0 Å². The Hall–Kier alpha value is -1.39. The third-order valence-electron chi connectivity index (χ3n) is 2.75. The average Bonchev–Trinajstić information content (AvgIpc) is 2.71. The van der Waals surface area contributed by atoms with Crippen molar-refractivity contribution in [3.63, 3.8) is 0 Å². The number of hydrogen-bond acceptors (Lipinski definition) is 2. The minimum Gasteiger partial charge on any atom is -0.319 e. The molecule has 0 atom stereocenters. The Morgan fingerprint density at radius 3 is 2.89 bits per heavy atom. The van der Waals surface area contributed by atoms with Crippen LogP contribution in [-0.4, -0.2) is 23.4 Å². The maximum Gasteiger partial charge on any atom is 0.141 e. The second kappa shape index (κ2) is 5.50. The number of aromatic nitrogens is 2. The second-order valence-electron chi connectivity index (χ2n) is 4.15. The van der Waals surface area contributed by atoms with Gasteiger partial charge in [-0.1, -0.05) is 17.7 Å². The number of likely N-dealkylation sites (N-methyl/N-ethyl adjacent to an activating group) is 1. The molecule has 1 aromatic carbocycles. The Balaban J connectivity index is 2.39. The van der Waals surface area contributed by atoms with E-state index in [0.29, 0.717) is 0 Å². The van der Waals surface area contributed by atoms with E-state index in [1.165, 1.54) is 6.07 Å². The van der Waals surface area contributed by atoms with Crippen LogP contribution in [0, 0.1) is 5.82 Å². The van der Waals surface area contributed by atoms with E-state index in [9.17, 15) is 4.39 Å². The number of halogens is 2. The van der Waals surface area contributed by atoms with Crippen LogP contribution in [0.15, 0.2) is 24.4 Å². The molecule has 0 saturated heterocycles. The van der Waals surface area contributed by atoms with Gasteiger partial charge < -0.3 is 5.32 Å². The summed E-state index contributed by atoms with van der Waals surface area (Å²) in [4.78, 5) is 0. The van der Waals surface area contributed by atoms with Crippen LogP contribution in [0.3, 0.4) is 0 Å². The van der Waals surface area contributed by atoms with E-state index in [2.05, 4.69) is 10.4 Å². The van der Waals surface area contributed by atoms with Crippen LogP contribution >= 0.6 is 11.6 Å². The third-order valence-corrected chi connectivity index (χ3v) is 3.04. The zero-order valence-corrected chi connectivity index (χ0v) is 11.1. The van der Waals surface area contributed by atoms with Crippen LogP contribution in [0.25, 0.3) is 11.1 Å². The van der Waals surface area contributed by atoms with Crippen LogP contribution in [-0.2, 0) is 13.5 Å². The van der Waals surface area contributed by atoms with E-state index in [4.69, 9.17) is 11.6 Å². The standard InChI is InChI=1S/C13H15ClFN3/c1-16-6-5-13-10(8-18(2)17-13)9-3-4-12(15)11(14)7-9/h3-4,7-8,16H,5-6H2,1-2H3. The van der Waals surface area contributed by atoms with E-state index in [-0.39, 0.29) is 5.02 Å². The van der Waals surface area contributed by atoms with E-state index in [1.807, 2.05) is 20.3 Å². The highest BCUT2D eigenvalue weighted by Gasteiger charge is 2.11. The lowest BCUT2D eigenvalue weighted by Crippen LogP contribution is -2.11. The van der Waals surface area contributed by atoms with Crippen LogP contribution in [0.2, 0.25) is 5.02 Å². The smallest absolute Gasteiger partial charge is 0.141 e. The van der Waals surface area contributed by atoms with Crippen molar-refractivity contribution in [1.82, 2.24) is 15.1 Å². The van der Waals surface area contributed by atoms with Crippen molar-refractivity contribution in [3.8, 4) is 11.1 Å². The summed E-state index contributed by atoms with van der Waals surface area (Å²) in [5.41, 5.74) is 2.87. The lowest BCUT2D eigenvalue weighted by molar-refractivity contribution is 0.628. The lowest BCUT2D eigenvalue weighted by atomic mass is 10.0. The fourth-order valence-corrected chi connectivity index (χ4v) is 2.05. The number of nitrogens with zero attached hydrogens (tertiary/aromatic N) is 2. The van der Waals surface area contributed by atoms with Crippen molar-refractivity contribution in [2.24, 2.45) is 7.05 Å². The van der Waals surface area contributed by atoms with Gasteiger partial charge in [-0.05, 0) is 24.7 Å². The SMILES string of the molecule is CNCCc1nn(C)cc1-c1ccc(F)c(Cl)c1. The van der Waals surface area contributed by atoms with Crippen molar-refractivity contribution < 1.29 is 4.39 Å². The fraction of sp³-hybridized carbons (Fsp3) is 0.308. The molecule has 0 saturated carbocycles. The first-order valence-electron chi connectivity index (χ1n) is 5.74. The summed E-state index contributed by atoms with van der Waals surface area (Å²) in [7, 11) is 3.77. The van der Waals surface area contributed by atoms with Crippen LogP contribution in [0.5, 0.6) is 0 Å².